The Morgan fingerprint density at radius 2 is 1.86 bits per heavy atom. The fourth-order valence-corrected chi connectivity index (χ4v) is 4.75. The Labute approximate surface area is 172 Å². The molecule has 1 amide bonds. The minimum atomic E-state index is -0.364. The molecule has 29 heavy (non-hydrogen) atoms. The monoisotopic (exact) mass is 398 g/mol. The Kier molecular flexibility index (Phi) is 5.99. The molecule has 0 bridgehead atoms. The van der Waals surface area contributed by atoms with Gasteiger partial charge in [0.1, 0.15) is 11.5 Å². The fraction of sp³-hybridized carbons (Fsp3) is 0.565. The number of hydrogen-bond donors (Lipinski definition) is 0. The van der Waals surface area contributed by atoms with Crippen LogP contribution in [0.1, 0.15) is 60.3 Å². The van der Waals surface area contributed by atoms with Crippen molar-refractivity contribution in [3.63, 3.8) is 0 Å². The number of aromatic nitrogens is 2. The lowest BCUT2D eigenvalue weighted by Crippen LogP contribution is -2.45. The minimum absolute atomic E-state index is 0.0129. The van der Waals surface area contributed by atoms with Crippen molar-refractivity contribution in [2.45, 2.75) is 58.4 Å². The van der Waals surface area contributed by atoms with E-state index in [0.29, 0.717) is 11.3 Å². The van der Waals surface area contributed by atoms with Crippen molar-refractivity contribution in [2.75, 3.05) is 26.2 Å². The van der Waals surface area contributed by atoms with Crippen LogP contribution >= 0.6 is 0 Å². The number of halogens is 1. The fourth-order valence-electron chi connectivity index (χ4n) is 4.75. The Balaban J connectivity index is 1.54. The maximum atomic E-state index is 14.5. The van der Waals surface area contributed by atoms with Gasteiger partial charge in [0.25, 0.3) is 5.91 Å². The van der Waals surface area contributed by atoms with E-state index in [9.17, 15) is 9.18 Å². The highest BCUT2D eigenvalue weighted by atomic mass is 19.1. The second-order valence-corrected chi connectivity index (χ2v) is 8.49. The zero-order chi connectivity index (χ0) is 20.4. The van der Waals surface area contributed by atoms with Crippen molar-refractivity contribution < 1.29 is 9.18 Å². The van der Waals surface area contributed by atoms with E-state index in [-0.39, 0.29) is 17.8 Å². The van der Waals surface area contributed by atoms with Gasteiger partial charge in [-0.2, -0.15) is 5.10 Å². The molecule has 2 aliphatic rings. The number of amides is 1. The summed E-state index contributed by atoms with van der Waals surface area (Å²) < 4.78 is 16.1. The highest BCUT2D eigenvalue weighted by molar-refractivity contribution is 5.95. The molecular weight excluding hydrogens is 367 g/mol. The smallest absolute Gasteiger partial charge is 0.254 e. The number of piperidine rings is 1. The highest BCUT2D eigenvalue weighted by Crippen LogP contribution is 2.25. The second kappa shape index (κ2) is 8.66. The van der Waals surface area contributed by atoms with Gasteiger partial charge in [-0.3, -0.25) is 4.79 Å². The molecular formula is C23H31FN4O. The Morgan fingerprint density at radius 3 is 2.59 bits per heavy atom. The normalized spacial score (nSPS) is 20.4. The van der Waals surface area contributed by atoms with Crippen molar-refractivity contribution in [3.8, 4) is 5.69 Å². The number of nitrogens with zero attached hydrogens (tertiary/aromatic N) is 4. The molecule has 1 aromatic carbocycles. The minimum Gasteiger partial charge on any atom is -0.336 e. The molecule has 0 spiro atoms. The predicted octanol–water partition coefficient (Wildman–Crippen LogP) is 4.11. The van der Waals surface area contributed by atoms with Gasteiger partial charge < -0.3 is 9.80 Å². The van der Waals surface area contributed by atoms with Crippen molar-refractivity contribution in [2.24, 2.45) is 0 Å². The topological polar surface area (TPSA) is 41.4 Å². The quantitative estimate of drug-likeness (QED) is 0.761. The van der Waals surface area contributed by atoms with E-state index in [1.54, 1.807) is 16.8 Å². The molecule has 2 saturated heterocycles. The third-order valence-electron chi connectivity index (χ3n) is 6.30. The molecule has 1 aromatic heterocycles. The van der Waals surface area contributed by atoms with Crippen LogP contribution in [0.15, 0.2) is 24.3 Å². The number of carbonyl (C=O) groups excluding carboxylic acids is 1. The second-order valence-electron chi connectivity index (χ2n) is 8.49. The summed E-state index contributed by atoms with van der Waals surface area (Å²) in [7, 11) is 0. The van der Waals surface area contributed by atoms with Gasteiger partial charge in [0.15, 0.2) is 0 Å². The first-order chi connectivity index (χ1) is 14.0. The predicted molar refractivity (Wildman–Crippen MR) is 112 cm³/mol. The lowest BCUT2D eigenvalue weighted by Gasteiger charge is -2.37. The molecule has 0 aliphatic carbocycles. The molecule has 156 valence electrons. The summed E-state index contributed by atoms with van der Waals surface area (Å²) in [4.78, 5) is 17.9. The summed E-state index contributed by atoms with van der Waals surface area (Å²) in [6.45, 7) is 8.00. The van der Waals surface area contributed by atoms with E-state index in [0.717, 1.165) is 43.7 Å². The zero-order valence-corrected chi connectivity index (χ0v) is 17.5. The van der Waals surface area contributed by atoms with Gasteiger partial charge in [-0.25, -0.2) is 9.07 Å². The van der Waals surface area contributed by atoms with Gasteiger partial charge in [-0.15, -0.1) is 0 Å². The van der Waals surface area contributed by atoms with Crippen LogP contribution in [-0.2, 0) is 0 Å². The Bertz CT molecular complexity index is 872. The van der Waals surface area contributed by atoms with Gasteiger partial charge >= 0.3 is 0 Å². The summed E-state index contributed by atoms with van der Waals surface area (Å²) in [6.07, 6.45) is 6.88. The van der Waals surface area contributed by atoms with Crippen LogP contribution < -0.4 is 0 Å². The van der Waals surface area contributed by atoms with Crippen LogP contribution in [0.5, 0.6) is 0 Å². The van der Waals surface area contributed by atoms with Crippen molar-refractivity contribution in [3.05, 3.63) is 47.0 Å². The van der Waals surface area contributed by atoms with Crippen LogP contribution in [0.25, 0.3) is 5.69 Å². The molecule has 4 rings (SSSR count). The molecule has 6 heteroatoms. The Hall–Kier alpha value is -2.21. The molecule has 1 atom stereocenters. The molecule has 0 saturated carbocycles. The lowest BCUT2D eigenvalue weighted by atomic mass is 9.97. The highest BCUT2D eigenvalue weighted by Gasteiger charge is 2.28. The average molecular weight is 399 g/mol. The third kappa shape index (κ3) is 4.37. The number of hydrogen-bond acceptors (Lipinski definition) is 3. The van der Waals surface area contributed by atoms with E-state index in [1.807, 2.05) is 24.8 Å². The summed E-state index contributed by atoms with van der Waals surface area (Å²) in [5, 5.41) is 4.39. The van der Waals surface area contributed by atoms with Gasteiger partial charge in [0.2, 0.25) is 0 Å². The largest absolute Gasteiger partial charge is 0.336 e. The van der Waals surface area contributed by atoms with E-state index >= 15 is 0 Å². The number of likely N-dealkylation sites (tertiary alicyclic amines) is 2. The van der Waals surface area contributed by atoms with Gasteiger partial charge in [-0.1, -0.05) is 0 Å². The first-order valence-electron chi connectivity index (χ1n) is 10.9. The van der Waals surface area contributed by atoms with Crippen LogP contribution in [0.4, 0.5) is 4.39 Å². The van der Waals surface area contributed by atoms with E-state index in [1.165, 1.54) is 38.4 Å². The molecule has 2 aliphatic heterocycles. The van der Waals surface area contributed by atoms with Gasteiger partial charge in [-0.05, 0) is 89.7 Å². The van der Waals surface area contributed by atoms with E-state index < -0.39 is 0 Å². The first kappa shape index (κ1) is 20.1. The lowest BCUT2D eigenvalue weighted by molar-refractivity contribution is 0.0588. The number of benzene rings is 1. The zero-order valence-electron chi connectivity index (χ0n) is 17.5. The molecule has 1 unspecified atom stereocenters. The van der Waals surface area contributed by atoms with Crippen LogP contribution in [0.2, 0.25) is 0 Å². The third-order valence-corrected chi connectivity index (χ3v) is 6.30. The molecule has 5 nitrogen and oxygen atoms in total. The van der Waals surface area contributed by atoms with Crippen LogP contribution in [-0.4, -0.2) is 57.7 Å². The average Bonchev–Trinajstić information content (AvgIpc) is 3.35. The first-order valence-corrected chi connectivity index (χ1v) is 10.9. The maximum absolute atomic E-state index is 14.5. The molecule has 0 radical (unpaired) electrons. The summed E-state index contributed by atoms with van der Waals surface area (Å²) in [6, 6.07) is 6.84. The van der Waals surface area contributed by atoms with Gasteiger partial charge in [0.05, 0.1) is 5.69 Å². The van der Waals surface area contributed by atoms with E-state index in [4.69, 9.17) is 0 Å². The van der Waals surface area contributed by atoms with Crippen molar-refractivity contribution in [1.82, 2.24) is 19.6 Å². The molecule has 2 fully saturated rings. The summed E-state index contributed by atoms with van der Waals surface area (Å²) >= 11 is 0. The molecule has 3 heterocycles. The van der Waals surface area contributed by atoms with Crippen LogP contribution in [0.3, 0.4) is 0 Å². The SMILES string of the molecule is Cc1cc(C)n(-c2cc(C(=O)N3CCCCC3CCN3CCCC3)ccc2F)n1. The van der Waals surface area contributed by atoms with Crippen molar-refractivity contribution >= 4 is 5.91 Å². The molecule has 2 aromatic rings. The van der Waals surface area contributed by atoms with E-state index in [2.05, 4.69) is 10.00 Å². The molecule has 0 N–H and O–H groups in total. The Morgan fingerprint density at radius 1 is 1.10 bits per heavy atom. The number of aryl methyl sites for hydroxylation is 2. The van der Waals surface area contributed by atoms with Crippen molar-refractivity contribution in [1.29, 1.82) is 0 Å². The van der Waals surface area contributed by atoms with Crippen LogP contribution in [0, 0.1) is 19.7 Å². The summed E-state index contributed by atoms with van der Waals surface area (Å²) in [5.41, 5.74) is 2.57. The van der Waals surface area contributed by atoms with Gasteiger partial charge in [0, 0.05) is 30.4 Å². The number of carbonyl (C=O) groups is 1. The standard InChI is InChI=1S/C23H31FN4O/c1-17-15-18(2)28(25-17)22-16-19(8-9-21(22)24)23(29)27-13-4-3-7-20(27)10-14-26-11-5-6-12-26/h8-9,15-16,20H,3-7,10-14H2,1-2H3. The number of rotatable bonds is 5. The summed E-state index contributed by atoms with van der Waals surface area (Å²) in [5.74, 6) is -0.351. The maximum Gasteiger partial charge on any atom is 0.254 e.